The van der Waals surface area contributed by atoms with Gasteiger partial charge in [-0.05, 0) is 23.6 Å². The summed E-state index contributed by atoms with van der Waals surface area (Å²) in [4.78, 5) is 21.7. The van der Waals surface area contributed by atoms with Gasteiger partial charge in [0.25, 0.3) is 0 Å². The lowest BCUT2D eigenvalue weighted by molar-refractivity contribution is 0.642. The summed E-state index contributed by atoms with van der Waals surface area (Å²) in [6, 6.07) is 9.51. The average molecular weight is 413 g/mol. The molecule has 0 aliphatic heterocycles. The first-order valence-electron chi connectivity index (χ1n) is 9.11. The number of halogens is 1. The Kier molecular flexibility index (Phi) is 3.68. The molecule has 30 heavy (non-hydrogen) atoms. The van der Waals surface area contributed by atoms with Crippen molar-refractivity contribution < 1.29 is 4.39 Å². The van der Waals surface area contributed by atoms with E-state index in [0.717, 1.165) is 16.0 Å². The third-order valence-electron chi connectivity index (χ3n) is 4.91. The molecule has 0 saturated carbocycles. The Morgan fingerprint density at radius 3 is 2.73 bits per heavy atom. The first-order valence-corrected chi connectivity index (χ1v) is 9.99. The van der Waals surface area contributed by atoms with Crippen LogP contribution in [-0.4, -0.2) is 35.1 Å². The third kappa shape index (κ3) is 2.52. The average Bonchev–Trinajstić information content (AvgIpc) is 3.53. The number of thiophene rings is 1. The molecule has 0 spiro atoms. The Balaban J connectivity index is 1.57. The zero-order valence-electron chi connectivity index (χ0n) is 15.3. The van der Waals surface area contributed by atoms with Crippen molar-refractivity contribution in [2.24, 2.45) is 0 Å². The van der Waals surface area contributed by atoms with Gasteiger partial charge in [-0.15, -0.1) is 11.3 Å². The summed E-state index contributed by atoms with van der Waals surface area (Å²) in [5.41, 5.74) is 4.03. The molecule has 6 aromatic heterocycles. The van der Waals surface area contributed by atoms with Gasteiger partial charge in [-0.2, -0.15) is 5.10 Å². The Bertz CT molecular complexity index is 1500. The summed E-state index contributed by atoms with van der Waals surface area (Å²) in [5.74, 6) is 0.0247. The standard InChI is InChI=1S/C21H12FN7S/c22-16-13(11-3-1-6-23-9-11)10-25-19-15(16)18(28-29-19)21-26-17-12(14-4-2-8-30-14)5-7-24-20(17)27-21/h1-10H,(H,24,26,27)(H,25,28,29). The van der Waals surface area contributed by atoms with Gasteiger partial charge in [-0.3, -0.25) is 10.1 Å². The van der Waals surface area contributed by atoms with Gasteiger partial charge in [0, 0.05) is 46.4 Å². The maximum atomic E-state index is 15.5. The maximum Gasteiger partial charge on any atom is 0.184 e. The van der Waals surface area contributed by atoms with E-state index in [-0.39, 0.29) is 11.0 Å². The highest BCUT2D eigenvalue weighted by atomic mass is 32.1. The van der Waals surface area contributed by atoms with Gasteiger partial charge >= 0.3 is 0 Å². The molecule has 0 saturated heterocycles. The topological polar surface area (TPSA) is 96.0 Å². The first kappa shape index (κ1) is 16.9. The number of fused-ring (bicyclic) bond motifs is 2. The Labute approximate surface area is 172 Å². The van der Waals surface area contributed by atoms with Crippen LogP contribution in [0.1, 0.15) is 0 Å². The molecule has 0 aliphatic rings. The van der Waals surface area contributed by atoms with E-state index in [2.05, 4.69) is 35.1 Å². The van der Waals surface area contributed by atoms with Gasteiger partial charge in [0.1, 0.15) is 11.5 Å². The van der Waals surface area contributed by atoms with E-state index >= 15 is 4.39 Å². The normalized spacial score (nSPS) is 11.5. The van der Waals surface area contributed by atoms with E-state index < -0.39 is 5.82 Å². The van der Waals surface area contributed by atoms with Gasteiger partial charge in [0.15, 0.2) is 17.1 Å². The molecule has 0 fully saturated rings. The number of rotatable bonds is 3. The van der Waals surface area contributed by atoms with Crippen LogP contribution in [0.15, 0.2) is 60.5 Å². The largest absolute Gasteiger partial charge is 0.335 e. The van der Waals surface area contributed by atoms with Gasteiger partial charge in [-0.1, -0.05) is 12.1 Å². The van der Waals surface area contributed by atoms with Crippen LogP contribution in [0.25, 0.3) is 55.3 Å². The van der Waals surface area contributed by atoms with Crippen LogP contribution in [0.2, 0.25) is 0 Å². The number of nitrogens with zero attached hydrogens (tertiary/aromatic N) is 5. The minimum absolute atomic E-state index is 0.271. The van der Waals surface area contributed by atoms with Gasteiger partial charge in [0.05, 0.1) is 10.9 Å². The number of hydrogen-bond donors (Lipinski definition) is 2. The highest BCUT2D eigenvalue weighted by molar-refractivity contribution is 7.13. The lowest BCUT2D eigenvalue weighted by Gasteiger charge is -2.03. The molecular formula is C21H12FN7S. The van der Waals surface area contributed by atoms with E-state index in [1.54, 1.807) is 42.1 Å². The smallest absolute Gasteiger partial charge is 0.184 e. The van der Waals surface area contributed by atoms with Crippen molar-refractivity contribution in [3.05, 3.63) is 66.3 Å². The van der Waals surface area contributed by atoms with Crippen molar-refractivity contribution in [2.75, 3.05) is 0 Å². The van der Waals surface area contributed by atoms with Crippen LogP contribution in [-0.2, 0) is 0 Å². The minimum Gasteiger partial charge on any atom is -0.335 e. The number of H-pyrrole nitrogens is 2. The molecule has 0 amide bonds. The summed E-state index contributed by atoms with van der Waals surface area (Å²) < 4.78 is 15.5. The quantitative estimate of drug-likeness (QED) is 0.433. The molecule has 2 N–H and O–H groups in total. The Morgan fingerprint density at radius 2 is 1.90 bits per heavy atom. The molecule has 0 atom stereocenters. The predicted octanol–water partition coefficient (Wildman–Crippen LogP) is 4.83. The molecule has 0 radical (unpaired) electrons. The van der Waals surface area contributed by atoms with Crippen molar-refractivity contribution in [2.45, 2.75) is 0 Å². The maximum absolute atomic E-state index is 15.5. The summed E-state index contributed by atoms with van der Waals surface area (Å²) in [6.07, 6.45) is 6.43. The molecule has 0 aliphatic carbocycles. The highest BCUT2D eigenvalue weighted by Gasteiger charge is 2.21. The molecule has 6 aromatic rings. The summed E-state index contributed by atoms with van der Waals surface area (Å²) in [5, 5.41) is 9.33. The fourth-order valence-corrected chi connectivity index (χ4v) is 4.27. The van der Waals surface area contributed by atoms with E-state index in [1.165, 1.54) is 6.20 Å². The molecule has 7 nitrogen and oxygen atoms in total. The number of imidazole rings is 1. The number of pyridine rings is 3. The SMILES string of the molecule is Fc1c(-c2cccnc2)cnc2n[nH]c(-c3nc4nccc(-c5cccs5)c4[nH]3)c12. The second-order valence-electron chi connectivity index (χ2n) is 6.64. The number of aromatic amines is 2. The van der Waals surface area contributed by atoms with E-state index in [0.29, 0.717) is 28.3 Å². The fraction of sp³-hybridized carbons (Fsp3) is 0. The van der Waals surface area contributed by atoms with Crippen molar-refractivity contribution in [1.29, 1.82) is 0 Å². The molecule has 0 bridgehead atoms. The Hall–Kier alpha value is -3.98. The summed E-state index contributed by atoms with van der Waals surface area (Å²) in [7, 11) is 0. The van der Waals surface area contributed by atoms with Gasteiger partial charge in [-0.25, -0.2) is 19.3 Å². The molecule has 0 unspecified atom stereocenters. The van der Waals surface area contributed by atoms with Crippen LogP contribution in [0.4, 0.5) is 4.39 Å². The van der Waals surface area contributed by atoms with Gasteiger partial charge in [0.2, 0.25) is 0 Å². The second kappa shape index (κ2) is 6.53. The monoisotopic (exact) mass is 413 g/mol. The molecule has 0 aromatic carbocycles. The van der Waals surface area contributed by atoms with Crippen LogP contribution in [0.3, 0.4) is 0 Å². The zero-order valence-corrected chi connectivity index (χ0v) is 16.1. The van der Waals surface area contributed by atoms with Crippen molar-refractivity contribution in [3.8, 4) is 33.1 Å². The first-order chi connectivity index (χ1) is 14.8. The molecular weight excluding hydrogens is 401 g/mol. The number of hydrogen-bond acceptors (Lipinski definition) is 6. The van der Waals surface area contributed by atoms with Gasteiger partial charge < -0.3 is 4.98 Å². The molecule has 144 valence electrons. The summed E-state index contributed by atoms with van der Waals surface area (Å²) in [6.45, 7) is 0. The third-order valence-corrected chi connectivity index (χ3v) is 5.81. The predicted molar refractivity (Wildman–Crippen MR) is 113 cm³/mol. The van der Waals surface area contributed by atoms with Crippen LogP contribution < -0.4 is 0 Å². The number of nitrogens with one attached hydrogen (secondary N) is 2. The fourth-order valence-electron chi connectivity index (χ4n) is 3.51. The van der Waals surface area contributed by atoms with Crippen molar-refractivity contribution >= 4 is 33.5 Å². The van der Waals surface area contributed by atoms with Crippen LogP contribution in [0, 0.1) is 5.82 Å². The second-order valence-corrected chi connectivity index (χ2v) is 7.59. The van der Waals surface area contributed by atoms with E-state index in [9.17, 15) is 0 Å². The lowest BCUT2D eigenvalue weighted by atomic mass is 10.1. The molecule has 9 heteroatoms. The van der Waals surface area contributed by atoms with E-state index in [4.69, 9.17) is 0 Å². The highest BCUT2D eigenvalue weighted by Crippen LogP contribution is 2.34. The lowest BCUT2D eigenvalue weighted by Crippen LogP contribution is -1.91. The summed E-state index contributed by atoms with van der Waals surface area (Å²) >= 11 is 1.63. The Morgan fingerprint density at radius 1 is 0.933 bits per heavy atom. The van der Waals surface area contributed by atoms with Crippen LogP contribution >= 0.6 is 11.3 Å². The number of aromatic nitrogens is 7. The molecule has 6 heterocycles. The van der Waals surface area contributed by atoms with E-state index in [1.807, 2.05) is 23.6 Å². The van der Waals surface area contributed by atoms with Crippen LogP contribution in [0.5, 0.6) is 0 Å². The molecule has 6 rings (SSSR count). The minimum atomic E-state index is -0.427. The van der Waals surface area contributed by atoms with Crippen molar-refractivity contribution in [1.82, 2.24) is 35.1 Å². The van der Waals surface area contributed by atoms with Crippen molar-refractivity contribution in [3.63, 3.8) is 0 Å². The zero-order chi connectivity index (χ0) is 20.1.